The molecular formula is C14H18Cl2N2O. The third kappa shape index (κ3) is 6.08. The molecule has 104 valence electrons. The Hall–Kier alpha value is -1.06. The first-order valence-corrected chi connectivity index (χ1v) is 7.16. The lowest BCUT2D eigenvalue weighted by atomic mass is 10.1. The van der Waals surface area contributed by atoms with Crippen LogP contribution < -0.4 is 5.43 Å². The maximum absolute atomic E-state index is 11.5. The highest BCUT2D eigenvalue weighted by Crippen LogP contribution is 2.23. The lowest BCUT2D eigenvalue weighted by molar-refractivity contribution is -0.121. The minimum absolute atomic E-state index is 0.0782. The summed E-state index contributed by atoms with van der Waals surface area (Å²) in [5.41, 5.74) is 3.16. The Morgan fingerprint density at radius 1 is 1.32 bits per heavy atom. The van der Waals surface area contributed by atoms with Gasteiger partial charge in [0.1, 0.15) is 0 Å². The van der Waals surface area contributed by atoms with Crippen LogP contribution in [0.5, 0.6) is 0 Å². The summed E-state index contributed by atoms with van der Waals surface area (Å²) in [4.78, 5) is 11.5. The van der Waals surface area contributed by atoms with Crippen LogP contribution in [0, 0.1) is 0 Å². The number of unbranched alkanes of at least 4 members (excludes halogenated alkanes) is 3. The number of halogens is 2. The molecule has 0 aliphatic rings. The van der Waals surface area contributed by atoms with Crippen LogP contribution in [0.25, 0.3) is 0 Å². The summed E-state index contributed by atoms with van der Waals surface area (Å²) in [6.45, 7) is 2.14. The second-order valence-corrected chi connectivity index (χ2v) is 5.03. The highest BCUT2D eigenvalue weighted by atomic mass is 35.5. The van der Waals surface area contributed by atoms with Gasteiger partial charge in [0.05, 0.1) is 16.3 Å². The molecule has 1 rings (SSSR count). The van der Waals surface area contributed by atoms with Crippen molar-refractivity contribution in [1.29, 1.82) is 0 Å². The Morgan fingerprint density at radius 3 is 2.84 bits per heavy atom. The molecule has 1 amide bonds. The Bertz CT molecular complexity index is 447. The third-order valence-corrected chi connectivity index (χ3v) is 3.47. The molecule has 0 saturated carbocycles. The number of hydrogen-bond acceptors (Lipinski definition) is 2. The van der Waals surface area contributed by atoms with Gasteiger partial charge in [-0.1, -0.05) is 61.5 Å². The van der Waals surface area contributed by atoms with Crippen molar-refractivity contribution in [3.8, 4) is 0 Å². The second kappa shape index (κ2) is 8.94. The summed E-state index contributed by atoms with van der Waals surface area (Å²) in [6, 6.07) is 5.26. The number of rotatable bonds is 7. The summed E-state index contributed by atoms with van der Waals surface area (Å²) in [5.74, 6) is -0.0782. The van der Waals surface area contributed by atoms with Crippen LogP contribution in [-0.4, -0.2) is 12.1 Å². The van der Waals surface area contributed by atoms with Crippen molar-refractivity contribution < 1.29 is 4.79 Å². The maximum Gasteiger partial charge on any atom is 0.240 e. The number of hydrogen-bond donors (Lipinski definition) is 1. The van der Waals surface area contributed by atoms with E-state index in [1.165, 1.54) is 6.21 Å². The first kappa shape index (κ1) is 16.0. The summed E-state index contributed by atoms with van der Waals surface area (Å²) >= 11 is 11.9. The van der Waals surface area contributed by atoms with Crippen LogP contribution in [0.4, 0.5) is 0 Å². The van der Waals surface area contributed by atoms with Crippen molar-refractivity contribution >= 4 is 35.3 Å². The molecule has 0 heterocycles. The van der Waals surface area contributed by atoms with Crippen LogP contribution in [0.15, 0.2) is 23.3 Å². The lowest BCUT2D eigenvalue weighted by Crippen LogP contribution is -2.16. The largest absolute Gasteiger partial charge is 0.273 e. The molecule has 3 nitrogen and oxygen atoms in total. The van der Waals surface area contributed by atoms with Crippen molar-refractivity contribution in [2.45, 2.75) is 39.0 Å². The van der Waals surface area contributed by atoms with E-state index in [1.807, 2.05) is 0 Å². The molecule has 0 fully saturated rings. The minimum atomic E-state index is -0.0782. The first-order chi connectivity index (χ1) is 9.15. The average molecular weight is 301 g/mol. The number of benzene rings is 1. The van der Waals surface area contributed by atoms with Crippen LogP contribution >= 0.6 is 23.2 Å². The zero-order chi connectivity index (χ0) is 14.1. The standard InChI is InChI=1S/C14H18Cl2N2O/c1-2-3-4-5-9-13(19)18-17-10-11-7-6-8-12(15)14(11)16/h6-8,10H,2-5,9H2,1H3,(H,18,19)/b17-10+. The molecule has 0 aliphatic carbocycles. The van der Waals surface area contributed by atoms with Crippen LogP contribution in [0.2, 0.25) is 10.0 Å². The van der Waals surface area contributed by atoms with Crippen LogP contribution in [0.1, 0.15) is 44.6 Å². The normalized spacial score (nSPS) is 10.9. The molecule has 19 heavy (non-hydrogen) atoms. The molecule has 1 aromatic carbocycles. The quantitative estimate of drug-likeness (QED) is 0.452. The minimum Gasteiger partial charge on any atom is -0.273 e. The molecule has 1 N–H and O–H groups in total. The highest BCUT2D eigenvalue weighted by molar-refractivity contribution is 6.43. The van der Waals surface area contributed by atoms with E-state index in [0.717, 1.165) is 25.7 Å². The molecule has 0 unspecified atom stereocenters. The number of nitrogens with one attached hydrogen (secondary N) is 1. The Morgan fingerprint density at radius 2 is 2.11 bits per heavy atom. The van der Waals surface area contributed by atoms with Crippen molar-refractivity contribution in [2.24, 2.45) is 5.10 Å². The maximum atomic E-state index is 11.5. The first-order valence-electron chi connectivity index (χ1n) is 6.41. The number of carbonyl (C=O) groups is 1. The fourth-order valence-corrected chi connectivity index (χ4v) is 1.92. The molecule has 0 bridgehead atoms. The van der Waals surface area contributed by atoms with Gasteiger partial charge in [0.25, 0.3) is 0 Å². The molecular weight excluding hydrogens is 283 g/mol. The third-order valence-electron chi connectivity index (χ3n) is 2.63. The van der Waals surface area contributed by atoms with Crippen molar-refractivity contribution in [1.82, 2.24) is 5.43 Å². The van der Waals surface area contributed by atoms with Crippen LogP contribution in [-0.2, 0) is 4.79 Å². The van der Waals surface area contributed by atoms with Gasteiger partial charge in [-0.05, 0) is 12.5 Å². The fourth-order valence-electron chi connectivity index (χ4n) is 1.56. The van der Waals surface area contributed by atoms with Gasteiger partial charge in [0.15, 0.2) is 0 Å². The molecule has 0 spiro atoms. The van der Waals surface area contributed by atoms with Gasteiger partial charge >= 0.3 is 0 Å². The van der Waals surface area contributed by atoms with E-state index in [-0.39, 0.29) is 5.91 Å². The number of carbonyl (C=O) groups excluding carboxylic acids is 1. The Labute approximate surface area is 124 Å². The lowest BCUT2D eigenvalue weighted by Gasteiger charge is -2.01. The molecule has 0 atom stereocenters. The van der Waals surface area contributed by atoms with E-state index in [1.54, 1.807) is 18.2 Å². The molecule has 0 aromatic heterocycles. The van der Waals surface area contributed by atoms with E-state index in [4.69, 9.17) is 23.2 Å². The van der Waals surface area contributed by atoms with E-state index < -0.39 is 0 Å². The van der Waals surface area contributed by atoms with E-state index in [2.05, 4.69) is 17.5 Å². The number of nitrogens with zero attached hydrogens (tertiary/aromatic N) is 1. The van der Waals surface area contributed by atoms with Crippen molar-refractivity contribution in [2.75, 3.05) is 0 Å². The second-order valence-electron chi connectivity index (χ2n) is 4.25. The summed E-state index contributed by atoms with van der Waals surface area (Å²) in [6.07, 6.45) is 6.29. The number of amides is 1. The average Bonchev–Trinajstić information content (AvgIpc) is 2.40. The van der Waals surface area contributed by atoms with E-state index in [9.17, 15) is 4.79 Å². The summed E-state index contributed by atoms with van der Waals surface area (Å²) < 4.78 is 0. The van der Waals surface area contributed by atoms with Crippen LogP contribution in [0.3, 0.4) is 0 Å². The molecule has 1 aromatic rings. The van der Waals surface area contributed by atoms with Crippen molar-refractivity contribution in [3.05, 3.63) is 33.8 Å². The number of hydrazone groups is 1. The molecule has 0 saturated heterocycles. The monoisotopic (exact) mass is 300 g/mol. The fraction of sp³-hybridized carbons (Fsp3) is 0.429. The van der Waals surface area contributed by atoms with E-state index >= 15 is 0 Å². The highest BCUT2D eigenvalue weighted by Gasteiger charge is 2.02. The zero-order valence-corrected chi connectivity index (χ0v) is 12.5. The van der Waals surface area contributed by atoms with Gasteiger partial charge in [0.2, 0.25) is 5.91 Å². The SMILES string of the molecule is CCCCCCC(=O)N/N=C/c1cccc(Cl)c1Cl. The van der Waals surface area contributed by atoms with Gasteiger partial charge in [-0.3, -0.25) is 4.79 Å². The molecule has 5 heteroatoms. The van der Waals surface area contributed by atoms with Gasteiger partial charge in [-0.15, -0.1) is 0 Å². The summed E-state index contributed by atoms with van der Waals surface area (Å²) in [7, 11) is 0. The molecule has 0 radical (unpaired) electrons. The Kier molecular flexibility index (Phi) is 7.53. The van der Waals surface area contributed by atoms with Gasteiger partial charge in [-0.2, -0.15) is 5.10 Å². The predicted octanol–water partition coefficient (Wildman–Crippen LogP) is 4.41. The zero-order valence-electron chi connectivity index (χ0n) is 11.0. The Balaban J connectivity index is 2.37. The summed E-state index contributed by atoms with van der Waals surface area (Å²) in [5, 5.41) is 4.78. The van der Waals surface area contributed by atoms with Gasteiger partial charge < -0.3 is 0 Å². The van der Waals surface area contributed by atoms with Gasteiger partial charge in [-0.25, -0.2) is 5.43 Å². The van der Waals surface area contributed by atoms with E-state index in [0.29, 0.717) is 22.0 Å². The van der Waals surface area contributed by atoms with Gasteiger partial charge in [0, 0.05) is 12.0 Å². The predicted molar refractivity (Wildman–Crippen MR) is 81.0 cm³/mol. The smallest absolute Gasteiger partial charge is 0.240 e. The van der Waals surface area contributed by atoms with Crippen molar-refractivity contribution in [3.63, 3.8) is 0 Å². The topological polar surface area (TPSA) is 41.5 Å². The molecule has 0 aliphatic heterocycles.